The highest BCUT2D eigenvalue weighted by molar-refractivity contribution is 6.05. The van der Waals surface area contributed by atoms with Gasteiger partial charge in [-0.05, 0) is 68.0 Å². The lowest BCUT2D eigenvalue weighted by atomic mass is 9.92. The maximum Gasteiger partial charge on any atom is 0.285 e. The van der Waals surface area contributed by atoms with E-state index >= 15 is 0 Å². The van der Waals surface area contributed by atoms with Gasteiger partial charge in [-0.15, -0.1) is 0 Å². The van der Waals surface area contributed by atoms with Crippen molar-refractivity contribution >= 4 is 28.8 Å². The Labute approximate surface area is 265 Å². The lowest BCUT2D eigenvalue weighted by molar-refractivity contribution is -0.135. The van der Waals surface area contributed by atoms with Crippen molar-refractivity contribution in [3.63, 3.8) is 0 Å². The smallest absolute Gasteiger partial charge is 0.285 e. The Hall–Kier alpha value is -5.26. The summed E-state index contributed by atoms with van der Waals surface area (Å²) in [6.45, 7) is 5.93. The first-order chi connectivity index (χ1) is 22.3. The number of nitrogens with zero attached hydrogens (tertiary/aromatic N) is 7. The first-order valence-corrected chi connectivity index (χ1v) is 15.9. The number of hydrogen-bond acceptors (Lipinski definition) is 7. The number of carbonyl (C=O) groups is 2. The molecule has 12 heteroatoms. The lowest BCUT2D eigenvalue weighted by Crippen LogP contribution is -2.40. The van der Waals surface area contributed by atoms with Gasteiger partial charge in [-0.1, -0.05) is 32.0 Å². The number of benzene rings is 1. The van der Waals surface area contributed by atoms with Crippen LogP contribution in [-0.2, 0) is 17.8 Å². The Bertz CT molecular complexity index is 1980. The SMILES string of the molecule is CC(C)C(=O)N1CCC(c2cc(-c3ccc(NC(=O)c4c5n(n(-c6ccccn6)c4=O)CCCC5)cc3)c3c(N)ncnn23)CC1. The van der Waals surface area contributed by atoms with E-state index in [9.17, 15) is 14.4 Å². The second kappa shape index (κ2) is 11.9. The van der Waals surface area contributed by atoms with Gasteiger partial charge in [-0.25, -0.2) is 14.5 Å². The second-order valence-corrected chi connectivity index (χ2v) is 12.4. The number of rotatable bonds is 6. The highest BCUT2D eigenvalue weighted by atomic mass is 16.2. The molecular formula is C34H37N9O3. The molecule has 3 N–H and O–H groups in total. The molecule has 1 saturated heterocycles. The number of likely N-dealkylation sites (tertiary alicyclic amines) is 1. The largest absolute Gasteiger partial charge is 0.382 e. The van der Waals surface area contributed by atoms with Crippen LogP contribution in [0.5, 0.6) is 0 Å². The standard InChI is InChI=1S/C34H37N9O3/c1-21(2)33(45)40-17-13-23(14-18-40)27-19-25(30-31(35)37-20-38-42(27)30)22-9-11-24(12-10-22)39-32(44)29-26-7-4-6-16-41(26)43(34(29)46)28-8-3-5-15-36-28/h3,5,8-12,15,19-21,23H,4,6-7,13-14,16-18H2,1-2H3,(H,39,44)(H2,35,37,38). The maximum atomic E-state index is 13.6. The molecule has 0 unspecified atom stereocenters. The molecule has 7 rings (SSSR count). The molecule has 0 aliphatic carbocycles. The van der Waals surface area contributed by atoms with Gasteiger partial charge >= 0.3 is 0 Å². The van der Waals surface area contributed by atoms with Crippen LogP contribution in [0.15, 0.2) is 65.8 Å². The predicted molar refractivity (Wildman–Crippen MR) is 175 cm³/mol. The number of fused-ring (bicyclic) bond motifs is 2. The highest BCUT2D eigenvalue weighted by Crippen LogP contribution is 2.37. The number of nitrogens with one attached hydrogen (secondary N) is 1. The van der Waals surface area contributed by atoms with Crippen molar-refractivity contribution in [1.82, 2.24) is 33.8 Å². The minimum atomic E-state index is -0.436. The molecule has 2 aliphatic rings. The molecule has 0 saturated carbocycles. The zero-order valence-electron chi connectivity index (χ0n) is 26.0. The maximum absolute atomic E-state index is 13.6. The van der Waals surface area contributed by atoms with Crippen molar-refractivity contribution < 1.29 is 9.59 Å². The van der Waals surface area contributed by atoms with E-state index in [1.165, 1.54) is 11.0 Å². The quantitative estimate of drug-likeness (QED) is 0.289. The number of carbonyl (C=O) groups excluding carboxylic acids is 2. The summed E-state index contributed by atoms with van der Waals surface area (Å²) < 4.78 is 5.28. The zero-order chi connectivity index (χ0) is 31.9. The average Bonchev–Trinajstić information content (AvgIpc) is 3.61. The Morgan fingerprint density at radius 1 is 1.00 bits per heavy atom. The van der Waals surface area contributed by atoms with E-state index < -0.39 is 5.91 Å². The van der Waals surface area contributed by atoms with Crippen LogP contribution in [0.1, 0.15) is 67.2 Å². The van der Waals surface area contributed by atoms with Gasteiger partial charge in [0.15, 0.2) is 11.6 Å². The van der Waals surface area contributed by atoms with E-state index in [1.54, 1.807) is 18.3 Å². The van der Waals surface area contributed by atoms with Gasteiger partial charge in [0.1, 0.15) is 17.4 Å². The average molecular weight is 620 g/mol. The molecule has 0 bridgehead atoms. The van der Waals surface area contributed by atoms with E-state index in [2.05, 4.69) is 26.4 Å². The van der Waals surface area contributed by atoms with Crippen molar-refractivity contribution in [3.8, 4) is 16.9 Å². The van der Waals surface area contributed by atoms with E-state index in [1.807, 2.05) is 58.3 Å². The van der Waals surface area contributed by atoms with Crippen LogP contribution in [0.2, 0.25) is 0 Å². The number of anilines is 2. The third kappa shape index (κ3) is 5.13. The van der Waals surface area contributed by atoms with Crippen LogP contribution < -0.4 is 16.6 Å². The van der Waals surface area contributed by atoms with E-state index in [-0.39, 0.29) is 28.9 Å². The summed E-state index contributed by atoms with van der Waals surface area (Å²) in [5, 5.41) is 7.50. The number of aromatic nitrogens is 6. The van der Waals surface area contributed by atoms with Gasteiger partial charge in [0.25, 0.3) is 11.5 Å². The molecule has 5 aromatic rings. The molecule has 4 aromatic heterocycles. The molecule has 2 amide bonds. The molecule has 6 heterocycles. The van der Waals surface area contributed by atoms with E-state index in [4.69, 9.17) is 5.73 Å². The summed E-state index contributed by atoms with van der Waals surface area (Å²) in [7, 11) is 0. The van der Waals surface area contributed by atoms with Crippen LogP contribution in [0.4, 0.5) is 11.5 Å². The first-order valence-electron chi connectivity index (χ1n) is 15.9. The van der Waals surface area contributed by atoms with Crippen LogP contribution in [-0.4, -0.2) is 58.7 Å². The summed E-state index contributed by atoms with van der Waals surface area (Å²) in [5.41, 5.74) is 11.0. The molecular weight excluding hydrogens is 582 g/mol. The summed E-state index contributed by atoms with van der Waals surface area (Å²) in [6.07, 6.45) is 7.28. The van der Waals surface area contributed by atoms with Crippen molar-refractivity contribution in [1.29, 1.82) is 0 Å². The van der Waals surface area contributed by atoms with Gasteiger partial charge in [0.05, 0.1) is 5.69 Å². The van der Waals surface area contributed by atoms with Crippen molar-refractivity contribution in [3.05, 3.63) is 88.4 Å². The number of piperidine rings is 1. The van der Waals surface area contributed by atoms with Gasteiger partial charge in [0.2, 0.25) is 5.91 Å². The third-order valence-electron chi connectivity index (χ3n) is 9.16. The summed E-state index contributed by atoms with van der Waals surface area (Å²) in [4.78, 5) is 50.3. The minimum absolute atomic E-state index is 0.0168. The Morgan fingerprint density at radius 2 is 1.78 bits per heavy atom. The van der Waals surface area contributed by atoms with Crippen molar-refractivity contribution in [2.75, 3.05) is 24.1 Å². The van der Waals surface area contributed by atoms with Gasteiger partial charge in [0, 0.05) is 54.6 Å². The molecule has 0 radical (unpaired) electrons. The number of nitrogen functional groups attached to an aromatic ring is 1. The second-order valence-electron chi connectivity index (χ2n) is 12.4. The summed E-state index contributed by atoms with van der Waals surface area (Å²) in [6, 6.07) is 15.0. The molecule has 0 atom stereocenters. The van der Waals surface area contributed by atoms with Gasteiger partial charge < -0.3 is 16.0 Å². The van der Waals surface area contributed by atoms with Crippen LogP contribution >= 0.6 is 0 Å². The molecule has 0 spiro atoms. The molecule has 2 aliphatic heterocycles. The Kier molecular flexibility index (Phi) is 7.63. The first kappa shape index (κ1) is 29.5. The summed E-state index contributed by atoms with van der Waals surface area (Å²) in [5.74, 6) is 0.828. The fourth-order valence-corrected chi connectivity index (χ4v) is 6.86. The molecule has 1 aromatic carbocycles. The highest BCUT2D eigenvalue weighted by Gasteiger charge is 2.30. The minimum Gasteiger partial charge on any atom is -0.382 e. The lowest BCUT2D eigenvalue weighted by Gasteiger charge is -2.33. The molecule has 236 valence electrons. The fraction of sp³-hybridized carbons (Fsp3) is 0.353. The molecule has 12 nitrogen and oxygen atoms in total. The van der Waals surface area contributed by atoms with Crippen molar-refractivity contribution in [2.24, 2.45) is 5.92 Å². The topological polar surface area (TPSA) is 145 Å². The van der Waals surface area contributed by atoms with Crippen LogP contribution in [0.25, 0.3) is 22.5 Å². The predicted octanol–water partition coefficient (Wildman–Crippen LogP) is 4.28. The number of hydrogen-bond donors (Lipinski definition) is 2. The monoisotopic (exact) mass is 619 g/mol. The Morgan fingerprint density at radius 3 is 2.50 bits per heavy atom. The van der Waals surface area contributed by atoms with E-state index in [0.29, 0.717) is 43.4 Å². The molecule has 1 fully saturated rings. The fourth-order valence-electron chi connectivity index (χ4n) is 6.86. The molecule has 46 heavy (non-hydrogen) atoms. The number of nitrogens with two attached hydrogens (primary N) is 1. The van der Waals surface area contributed by atoms with Crippen molar-refractivity contribution in [2.45, 2.75) is 58.4 Å². The van der Waals surface area contributed by atoms with Crippen LogP contribution in [0.3, 0.4) is 0 Å². The summed E-state index contributed by atoms with van der Waals surface area (Å²) >= 11 is 0. The van der Waals surface area contributed by atoms with Crippen LogP contribution in [0, 0.1) is 5.92 Å². The zero-order valence-corrected chi connectivity index (χ0v) is 26.0. The Balaban J connectivity index is 1.16. The number of pyridine rings is 1. The number of amides is 2. The van der Waals surface area contributed by atoms with E-state index in [0.717, 1.165) is 53.7 Å². The van der Waals surface area contributed by atoms with Gasteiger partial charge in [-0.3, -0.25) is 19.1 Å². The normalized spacial score (nSPS) is 15.3. The third-order valence-corrected chi connectivity index (χ3v) is 9.16. The van der Waals surface area contributed by atoms with Gasteiger partial charge in [-0.2, -0.15) is 9.78 Å².